The Morgan fingerprint density at radius 1 is 0.633 bits per heavy atom. The topological polar surface area (TPSA) is 114 Å². The van der Waals surface area contributed by atoms with E-state index in [1.54, 1.807) is 60.7 Å². The highest BCUT2D eigenvalue weighted by molar-refractivity contribution is 5.67. The minimum absolute atomic E-state index is 0.00124. The summed E-state index contributed by atoms with van der Waals surface area (Å²) in [6.45, 7) is 0.550. The Kier molecular flexibility index (Phi) is 8.49. The summed E-state index contributed by atoms with van der Waals surface area (Å²) in [6, 6.07) is 21.5. The minimum Gasteiger partial charge on any atom is -0.489 e. The highest BCUT2D eigenvalue weighted by Crippen LogP contribution is 2.22. The fraction of sp³-hybridized carbons (Fsp3) is 0.0833. The number of hydrogen-bond donors (Lipinski definition) is 0. The summed E-state index contributed by atoms with van der Waals surface area (Å²) < 4.78 is 11.4. The molecule has 0 atom stereocenters. The van der Waals surface area contributed by atoms with E-state index in [0.717, 1.165) is 0 Å². The van der Waals surface area contributed by atoms with Crippen molar-refractivity contribution < 1.29 is 9.47 Å². The van der Waals surface area contributed by atoms with Gasteiger partial charge in [0.1, 0.15) is 60.1 Å². The molecule has 0 aromatic heterocycles. The predicted molar refractivity (Wildman–Crippen MR) is 111 cm³/mol. The number of para-hydroxylation sites is 2. The van der Waals surface area contributed by atoms with Crippen LogP contribution in [0.3, 0.4) is 0 Å². The van der Waals surface area contributed by atoms with Gasteiger partial charge in [0, 0.05) is 11.1 Å². The Morgan fingerprint density at radius 3 is 1.37 bits per heavy atom. The van der Waals surface area contributed by atoms with Crippen molar-refractivity contribution in [2.24, 2.45) is 0 Å². The lowest BCUT2D eigenvalue weighted by molar-refractivity contribution is 0.349. The molecule has 144 valence electrons. The van der Waals surface area contributed by atoms with Crippen LogP contribution in [0, 0.1) is 45.3 Å². The Balaban J connectivity index is 1.95. The molecule has 2 rings (SSSR count). The first kappa shape index (κ1) is 21.5. The van der Waals surface area contributed by atoms with Crippen LogP contribution in [-0.4, -0.2) is 13.2 Å². The summed E-state index contributed by atoms with van der Waals surface area (Å²) in [5.41, 5.74) is 1.29. The summed E-state index contributed by atoms with van der Waals surface area (Å²) in [5.74, 6) is 1.11. The molecule has 0 spiro atoms. The maximum atomic E-state index is 8.90. The average molecular weight is 392 g/mol. The molecule has 2 aromatic rings. The van der Waals surface area contributed by atoms with Crippen LogP contribution in [0.5, 0.6) is 11.5 Å². The largest absolute Gasteiger partial charge is 0.489 e. The molecule has 0 amide bonds. The van der Waals surface area contributed by atoms with Crippen molar-refractivity contribution in [3.8, 4) is 35.8 Å². The second-order valence-electron chi connectivity index (χ2n) is 5.73. The van der Waals surface area contributed by atoms with Gasteiger partial charge in [-0.3, -0.25) is 0 Å². The molecule has 0 aliphatic carbocycles. The van der Waals surface area contributed by atoms with Crippen LogP contribution in [0.4, 0.5) is 0 Å². The molecule has 0 aliphatic rings. The number of allylic oxidation sites excluding steroid dienone is 2. The van der Waals surface area contributed by atoms with Crippen LogP contribution in [0.25, 0.3) is 12.2 Å². The van der Waals surface area contributed by atoms with Crippen molar-refractivity contribution in [3.63, 3.8) is 0 Å². The van der Waals surface area contributed by atoms with Crippen molar-refractivity contribution in [2.45, 2.75) is 0 Å². The summed E-state index contributed by atoms with van der Waals surface area (Å²) in [5, 5.41) is 35.6. The smallest absolute Gasteiger partial charge is 0.130 e. The van der Waals surface area contributed by atoms with Gasteiger partial charge in [-0.15, -0.1) is 0 Å². The van der Waals surface area contributed by atoms with E-state index in [-0.39, 0.29) is 24.4 Å². The molecular formula is C24H16N4O2. The molecule has 30 heavy (non-hydrogen) atoms. The number of ether oxygens (including phenoxy) is 2. The van der Waals surface area contributed by atoms with E-state index >= 15 is 0 Å². The Bertz CT molecular complexity index is 1030. The molecule has 6 nitrogen and oxygen atoms in total. The number of rotatable bonds is 8. The van der Waals surface area contributed by atoms with Crippen molar-refractivity contribution in [2.75, 3.05) is 13.2 Å². The third kappa shape index (κ3) is 6.43. The van der Waals surface area contributed by atoms with Gasteiger partial charge >= 0.3 is 0 Å². The molecule has 0 heterocycles. The van der Waals surface area contributed by atoms with Gasteiger partial charge in [-0.2, -0.15) is 21.0 Å². The molecule has 0 N–H and O–H groups in total. The van der Waals surface area contributed by atoms with Gasteiger partial charge in [-0.1, -0.05) is 36.4 Å². The first-order valence-corrected chi connectivity index (χ1v) is 8.84. The fourth-order valence-corrected chi connectivity index (χ4v) is 2.36. The molecule has 6 heteroatoms. The maximum absolute atomic E-state index is 8.90. The van der Waals surface area contributed by atoms with Gasteiger partial charge in [0.25, 0.3) is 0 Å². The second-order valence-corrected chi connectivity index (χ2v) is 5.73. The molecule has 0 saturated carbocycles. The summed E-state index contributed by atoms with van der Waals surface area (Å²) in [6.07, 6.45) is 6.52. The standard InChI is InChI=1S/C24H16N4O2/c25-15-19(16-26)13-21-7-1-3-9-23(21)29-11-5-6-12-30-24-10-4-2-8-22(24)14-20(17-27)18-28/h1-10,13-14H,11-12H2/b6-5+. The van der Waals surface area contributed by atoms with Gasteiger partial charge < -0.3 is 9.47 Å². The zero-order chi connectivity index (χ0) is 21.6. The molecule has 2 aromatic carbocycles. The molecule has 0 fully saturated rings. The summed E-state index contributed by atoms with van der Waals surface area (Å²) >= 11 is 0. The molecule has 0 unspecified atom stereocenters. The van der Waals surface area contributed by atoms with E-state index < -0.39 is 0 Å². The lowest BCUT2D eigenvalue weighted by Gasteiger charge is -2.08. The zero-order valence-corrected chi connectivity index (χ0v) is 15.9. The highest BCUT2D eigenvalue weighted by Gasteiger charge is 2.03. The second kappa shape index (κ2) is 11.8. The maximum Gasteiger partial charge on any atom is 0.130 e. The number of nitriles is 4. The molecule has 0 radical (unpaired) electrons. The summed E-state index contributed by atoms with van der Waals surface area (Å²) in [4.78, 5) is 0. The van der Waals surface area contributed by atoms with E-state index in [0.29, 0.717) is 22.6 Å². The van der Waals surface area contributed by atoms with Crippen LogP contribution < -0.4 is 9.47 Å². The highest BCUT2D eigenvalue weighted by atomic mass is 16.5. The molecule has 0 aliphatic heterocycles. The van der Waals surface area contributed by atoms with Gasteiger partial charge in [0.15, 0.2) is 0 Å². The van der Waals surface area contributed by atoms with Gasteiger partial charge in [-0.25, -0.2) is 0 Å². The van der Waals surface area contributed by atoms with E-state index in [1.807, 2.05) is 24.3 Å². The van der Waals surface area contributed by atoms with Crippen LogP contribution in [0.2, 0.25) is 0 Å². The normalized spacial score (nSPS) is 9.33. The van der Waals surface area contributed by atoms with Gasteiger partial charge in [0.05, 0.1) is 0 Å². The lowest BCUT2D eigenvalue weighted by atomic mass is 10.1. The third-order valence-electron chi connectivity index (χ3n) is 3.76. The first-order valence-electron chi connectivity index (χ1n) is 8.84. The van der Waals surface area contributed by atoms with E-state index in [9.17, 15) is 0 Å². The van der Waals surface area contributed by atoms with Crippen molar-refractivity contribution >= 4 is 12.2 Å². The number of benzene rings is 2. The van der Waals surface area contributed by atoms with Crippen LogP contribution >= 0.6 is 0 Å². The third-order valence-corrected chi connectivity index (χ3v) is 3.76. The van der Waals surface area contributed by atoms with Gasteiger partial charge in [0.2, 0.25) is 0 Å². The molecule has 0 bridgehead atoms. The fourth-order valence-electron chi connectivity index (χ4n) is 2.36. The Hall–Kier alpha value is -4.78. The van der Waals surface area contributed by atoms with E-state index in [4.69, 9.17) is 30.5 Å². The molecule has 0 saturated heterocycles. The first-order chi connectivity index (χ1) is 14.7. The van der Waals surface area contributed by atoms with Crippen molar-refractivity contribution in [3.05, 3.63) is 83.0 Å². The van der Waals surface area contributed by atoms with E-state index in [1.165, 1.54) is 12.2 Å². The van der Waals surface area contributed by atoms with Crippen molar-refractivity contribution in [1.82, 2.24) is 0 Å². The van der Waals surface area contributed by atoms with Crippen LogP contribution in [-0.2, 0) is 0 Å². The number of nitrogens with zero attached hydrogens (tertiary/aromatic N) is 4. The Labute approximate surface area is 175 Å². The monoisotopic (exact) mass is 392 g/mol. The minimum atomic E-state index is -0.00124. The Morgan fingerprint density at radius 2 is 1.00 bits per heavy atom. The average Bonchev–Trinajstić information content (AvgIpc) is 2.79. The van der Waals surface area contributed by atoms with E-state index in [2.05, 4.69) is 0 Å². The summed E-state index contributed by atoms with van der Waals surface area (Å²) in [7, 11) is 0. The quantitative estimate of drug-likeness (QED) is 0.480. The number of hydrogen-bond acceptors (Lipinski definition) is 6. The van der Waals surface area contributed by atoms with Gasteiger partial charge in [-0.05, 0) is 36.4 Å². The lowest BCUT2D eigenvalue weighted by Crippen LogP contribution is -1.99. The van der Waals surface area contributed by atoms with Crippen molar-refractivity contribution in [1.29, 1.82) is 21.0 Å². The SMILES string of the molecule is N#CC(C#N)=Cc1ccccc1OC/C=C/COc1ccccc1C=C(C#N)C#N. The predicted octanol–water partition coefficient (Wildman–Crippen LogP) is 4.56. The molecular weight excluding hydrogens is 376 g/mol. The zero-order valence-electron chi connectivity index (χ0n) is 15.9. The van der Waals surface area contributed by atoms with Crippen LogP contribution in [0.15, 0.2) is 71.8 Å². The van der Waals surface area contributed by atoms with Crippen LogP contribution in [0.1, 0.15) is 11.1 Å².